The van der Waals surface area contributed by atoms with Crippen LogP contribution in [0.5, 0.6) is 0 Å². The largest absolute Gasteiger partial charge is 0.339 e. The first-order valence-corrected chi connectivity index (χ1v) is 6.94. The number of thioether (sulfide) groups is 1. The maximum atomic E-state index is 13.4. The maximum absolute atomic E-state index is 13.4. The molecule has 0 bridgehead atoms. The molecule has 0 saturated heterocycles. The number of hydrogen-bond acceptors (Lipinski definition) is 3. The number of carbonyl (C=O) groups is 1. The van der Waals surface area contributed by atoms with Crippen molar-refractivity contribution in [1.29, 1.82) is 0 Å². The molecule has 0 N–H and O–H groups in total. The highest BCUT2D eigenvalue weighted by atomic mass is 32.2. The second kappa shape index (κ2) is 6.68. The van der Waals surface area contributed by atoms with Crippen LogP contribution in [-0.4, -0.2) is 40.9 Å². The van der Waals surface area contributed by atoms with Crippen molar-refractivity contribution in [3.8, 4) is 0 Å². The Morgan fingerprint density at radius 2 is 2.22 bits per heavy atom. The highest BCUT2D eigenvalue weighted by molar-refractivity contribution is 7.98. The highest BCUT2D eigenvalue weighted by Crippen LogP contribution is 2.14. The standard InChI is InChI=1S/C12H16F2N2OS/c1-8(5-7-18-3)16(2)12(17)9-4-6-15-11(14)10(9)13/h4,6,8H,5,7H2,1-3H3. The first kappa shape index (κ1) is 14.9. The molecule has 0 spiro atoms. The number of carbonyl (C=O) groups excluding carboxylic acids is 1. The van der Waals surface area contributed by atoms with Crippen LogP contribution in [0.4, 0.5) is 8.78 Å². The van der Waals surface area contributed by atoms with E-state index in [9.17, 15) is 13.6 Å². The number of rotatable bonds is 5. The smallest absolute Gasteiger partial charge is 0.257 e. The first-order chi connectivity index (χ1) is 8.49. The van der Waals surface area contributed by atoms with Crippen molar-refractivity contribution in [2.24, 2.45) is 0 Å². The van der Waals surface area contributed by atoms with Crippen molar-refractivity contribution >= 4 is 17.7 Å². The van der Waals surface area contributed by atoms with E-state index in [1.165, 1.54) is 11.0 Å². The topological polar surface area (TPSA) is 33.2 Å². The summed E-state index contributed by atoms with van der Waals surface area (Å²) in [5.74, 6) is -2.05. The maximum Gasteiger partial charge on any atom is 0.257 e. The van der Waals surface area contributed by atoms with Gasteiger partial charge in [-0.15, -0.1) is 0 Å². The van der Waals surface area contributed by atoms with Gasteiger partial charge in [0, 0.05) is 19.3 Å². The van der Waals surface area contributed by atoms with Gasteiger partial charge in [-0.2, -0.15) is 16.2 Å². The molecule has 1 aromatic rings. The van der Waals surface area contributed by atoms with Crippen LogP contribution in [0.25, 0.3) is 0 Å². The Morgan fingerprint density at radius 1 is 1.56 bits per heavy atom. The molecule has 1 heterocycles. The summed E-state index contributed by atoms with van der Waals surface area (Å²) in [6, 6.07) is 1.17. The third-order valence-corrected chi connectivity index (χ3v) is 3.44. The molecule has 6 heteroatoms. The van der Waals surface area contributed by atoms with Gasteiger partial charge in [0.2, 0.25) is 5.95 Å². The number of halogens is 2. The third-order valence-electron chi connectivity index (χ3n) is 2.80. The zero-order chi connectivity index (χ0) is 13.7. The Labute approximate surface area is 110 Å². The Morgan fingerprint density at radius 3 is 2.83 bits per heavy atom. The van der Waals surface area contributed by atoms with Crippen LogP contribution >= 0.6 is 11.8 Å². The van der Waals surface area contributed by atoms with Gasteiger partial charge in [0.15, 0.2) is 5.82 Å². The van der Waals surface area contributed by atoms with E-state index < -0.39 is 17.7 Å². The second-order valence-electron chi connectivity index (χ2n) is 4.01. The Balaban J connectivity index is 2.83. The molecule has 0 aliphatic heterocycles. The van der Waals surface area contributed by atoms with Gasteiger partial charge in [-0.1, -0.05) is 0 Å². The molecular weight excluding hydrogens is 258 g/mol. The van der Waals surface area contributed by atoms with Crippen molar-refractivity contribution in [1.82, 2.24) is 9.88 Å². The predicted octanol–water partition coefficient (Wildman–Crippen LogP) is 2.57. The van der Waals surface area contributed by atoms with E-state index in [0.29, 0.717) is 0 Å². The number of pyridine rings is 1. The molecule has 0 saturated carbocycles. The molecule has 1 unspecified atom stereocenters. The van der Waals surface area contributed by atoms with E-state index in [4.69, 9.17) is 0 Å². The molecule has 0 aromatic carbocycles. The third kappa shape index (κ3) is 3.41. The van der Waals surface area contributed by atoms with Gasteiger partial charge in [-0.25, -0.2) is 9.37 Å². The van der Waals surface area contributed by atoms with Crippen LogP contribution in [0.2, 0.25) is 0 Å². The lowest BCUT2D eigenvalue weighted by molar-refractivity contribution is 0.0735. The molecule has 1 amide bonds. The minimum absolute atomic E-state index is 0.0272. The summed E-state index contributed by atoms with van der Waals surface area (Å²) in [5.41, 5.74) is -0.277. The van der Waals surface area contributed by atoms with Gasteiger partial charge in [-0.05, 0) is 31.4 Å². The fourth-order valence-corrected chi connectivity index (χ4v) is 2.03. The van der Waals surface area contributed by atoms with E-state index in [1.54, 1.807) is 18.8 Å². The fourth-order valence-electron chi connectivity index (χ4n) is 1.46. The molecule has 1 atom stereocenters. The summed E-state index contributed by atoms with van der Waals surface area (Å²) in [6.07, 6.45) is 3.87. The molecule has 0 radical (unpaired) electrons. The van der Waals surface area contributed by atoms with E-state index in [1.807, 2.05) is 13.2 Å². The normalized spacial score (nSPS) is 12.3. The van der Waals surface area contributed by atoms with Crippen molar-refractivity contribution < 1.29 is 13.6 Å². The minimum Gasteiger partial charge on any atom is -0.339 e. The van der Waals surface area contributed by atoms with E-state index in [2.05, 4.69) is 4.98 Å². The number of nitrogens with zero attached hydrogens (tertiary/aromatic N) is 2. The molecule has 0 aliphatic carbocycles. The lowest BCUT2D eigenvalue weighted by Gasteiger charge is -2.25. The number of amides is 1. The fraction of sp³-hybridized carbons (Fsp3) is 0.500. The van der Waals surface area contributed by atoms with Gasteiger partial charge in [-0.3, -0.25) is 4.79 Å². The summed E-state index contributed by atoms with van der Waals surface area (Å²) in [4.78, 5) is 16.6. The Hall–Kier alpha value is -1.17. The average Bonchev–Trinajstić information content (AvgIpc) is 2.37. The summed E-state index contributed by atoms with van der Waals surface area (Å²) in [5, 5.41) is 0. The van der Waals surface area contributed by atoms with E-state index in [0.717, 1.165) is 18.4 Å². The average molecular weight is 274 g/mol. The van der Waals surface area contributed by atoms with Crippen LogP contribution in [0.15, 0.2) is 12.3 Å². The van der Waals surface area contributed by atoms with Gasteiger partial charge in [0.1, 0.15) is 0 Å². The summed E-state index contributed by atoms with van der Waals surface area (Å²) in [7, 11) is 1.59. The summed E-state index contributed by atoms with van der Waals surface area (Å²) >= 11 is 1.68. The molecule has 0 fully saturated rings. The quantitative estimate of drug-likeness (QED) is 0.774. The summed E-state index contributed by atoms with van der Waals surface area (Å²) < 4.78 is 26.4. The Kier molecular flexibility index (Phi) is 5.53. The first-order valence-electron chi connectivity index (χ1n) is 5.55. The molecular formula is C12H16F2N2OS. The number of hydrogen-bond donors (Lipinski definition) is 0. The van der Waals surface area contributed by atoms with Crippen LogP contribution in [0.1, 0.15) is 23.7 Å². The van der Waals surface area contributed by atoms with Crippen LogP contribution in [0.3, 0.4) is 0 Å². The van der Waals surface area contributed by atoms with Crippen LogP contribution in [-0.2, 0) is 0 Å². The van der Waals surface area contributed by atoms with Gasteiger partial charge in [0.25, 0.3) is 5.91 Å². The molecule has 18 heavy (non-hydrogen) atoms. The molecule has 100 valence electrons. The Bertz CT molecular complexity index is 429. The van der Waals surface area contributed by atoms with E-state index >= 15 is 0 Å². The van der Waals surface area contributed by atoms with Crippen molar-refractivity contribution in [2.75, 3.05) is 19.1 Å². The number of aromatic nitrogens is 1. The van der Waals surface area contributed by atoms with Crippen LogP contribution in [0, 0.1) is 11.8 Å². The predicted molar refractivity (Wildman–Crippen MR) is 68.7 cm³/mol. The van der Waals surface area contributed by atoms with Crippen molar-refractivity contribution in [3.63, 3.8) is 0 Å². The lowest BCUT2D eigenvalue weighted by atomic mass is 10.1. The highest BCUT2D eigenvalue weighted by Gasteiger charge is 2.22. The SMILES string of the molecule is CSCCC(C)N(C)C(=O)c1ccnc(F)c1F. The zero-order valence-corrected chi connectivity index (χ0v) is 11.4. The minimum atomic E-state index is -1.24. The molecule has 1 aromatic heterocycles. The van der Waals surface area contributed by atoms with Gasteiger partial charge >= 0.3 is 0 Å². The second-order valence-corrected chi connectivity index (χ2v) is 5.00. The zero-order valence-electron chi connectivity index (χ0n) is 10.6. The summed E-state index contributed by atoms with van der Waals surface area (Å²) in [6.45, 7) is 1.88. The van der Waals surface area contributed by atoms with Gasteiger partial charge < -0.3 is 4.90 Å². The van der Waals surface area contributed by atoms with Crippen molar-refractivity contribution in [2.45, 2.75) is 19.4 Å². The van der Waals surface area contributed by atoms with E-state index in [-0.39, 0.29) is 11.6 Å². The van der Waals surface area contributed by atoms with Crippen molar-refractivity contribution in [3.05, 3.63) is 29.6 Å². The monoisotopic (exact) mass is 274 g/mol. The lowest BCUT2D eigenvalue weighted by Crippen LogP contribution is -2.36. The molecule has 0 aliphatic rings. The van der Waals surface area contributed by atoms with Crippen LogP contribution < -0.4 is 0 Å². The van der Waals surface area contributed by atoms with Gasteiger partial charge in [0.05, 0.1) is 5.56 Å². The molecule has 1 rings (SSSR count). The molecule has 3 nitrogen and oxygen atoms in total.